The van der Waals surface area contributed by atoms with Crippen molar-refractivity contribution in [1.29, 1.82) is 0 Å². The Morgan fingerprint density at radius 1 is 1.56 bits per heavy atom. The van der Waals surface area contributed by atoms with Gasteiger partial charge in [-0.25, -0.2) is 9.78 Å². The second-order valence-electron chi connectivity index (χ2n) is 2.96. The summed E-state index contributed by atoms with van der Waals surface area (Å²) in [6.07, 6.45) is -4.81. The van der Waals surface area contributed by atoms with Crippen LogP contribution in [0.2, 0.25) is 0 Å². The second-order valence-corrected chi connectivity index (χ2v) is 4.54. The first-order valence-corrected chi connectivity index (χ1v) is 6.58. The maximum atomic E-state index is 12.1. The van der Waals surface area contributed by atoms with Crippen molar-refractivity contribution in [3.8, 4) is 5.75 Å². The quantitative estimate of drug-likeness (QED) is 0.314. The summed E-state index contributed by atoms with van der Waals surface area (Å²) >= 11 is 4.61. The van der Waals surface area contributed by atoms with E-state index >= 15 is 0 Å². The van der Waals surface area contributed by atoms with E-state index in [0.717, 1.165) is 13.2 Å². The van der Waals surface area contributed by atoms with Gasteiger partial charge in [0, 0.05) is 5.33 Å². The molecule has 4 nitrogen and oxygen atoms in total. The summed E-state index contributed by atoms with van der Waals surface area (Å²) in [4.78, 5) is 15.1. The van der Waals surface area contributed by atoms with Crippen LogP contribution < -0.4 is 4.74 Å². The second kappa shape index (κ2) is 6.04. The number of methoxy groups -OCH3 is 1. The van der Waals surface area contributed by atoms with E-state index in [0.29, 0.717) is 0 Å². The van der Waals surface area contributed by atoms with Gasteiger partial charge in [-0.15, -0.1) is 13.2 Å². The van der Waals surface area contributed by atoms with Crippen LogP contribution in [-0.2, 0) is 10.1 Å². The van der Waals surface area contributed by atoms with E-state index in [1.54, 1.807) is 22.6 Å². The molecule has 0 saturated carbocycles. The molecule has 0 bridgehead atoms. The maximum Gasteiger partial charge on any atom is 0.573 e. The molecule has 1 heterocycles. The van der Waals surface area contributed by atoms with Crippen LogP contribution in [0.15, 0.2) is 6.07 Å². The lowest BCUT2D eigenvalue weighted by Gasteiger charge is -2.12. The average molecular weight is 440 g/mol. The zero-order valence-corrected chi connectivity index (χ0v) is 12.6. The Hall–Kier alpha value is -0.580. The molecule has 0 spiro atoms. The molecule has 9 heteroatoms. The molecular weight excluding hydrogens is 434 g/mol. The predicted molar refractivity (Wildman–Crippen MR) is 67.6 cm³/mol. The van der Waals surface area contributed by atoms with E-state index in [1.165, 1.54) is 0 Å². The summed E-state index contributed by atoms with van der Waals surface area (Å²) in [7, 11) is 1.16. The van der Waals surface area contributed by atoms with Gasteiger partial charge in [0.1, 0.15) is 3.70 Å². The lowest BCUT2D eigenvalue weighted by atomic mass is 10.2. The Morgan fingerprint density at radius 3 is 2.61 bits per heavy atom. The highest BCUT2D eigenvalue weighted by atomic mass is 127. The molecule has 1 aromatic rings. The van der Waals surface area contributed by atoms with Crippen molar-refractivity contribution < 1.29 is 27.4 Å². The third-order valence-corrected chi connectivity index (χ3v) is 3.15. The van der Waals surface area contributed by atoms with Gasteiger partial charge >= 0.3 is 12.3 Å². The van der Waals surface area contributed by atoms with Crippen molar-refractivity contribution in [1.82, 2.24) is 4.98 Å². The lowest BCUT2D eigenvalue weighted by molar-refractivity contribution is -0.275. The van der Waals surface area contributed by atoms with Crippen molar-refractivity contribution in [3.63, 3.8) is 0 Å². The summed E-state index contributed by atoms with van der Waals surface area (Å²) < 4.78 is 44.6. The summed E-state index contributed by atoms with van der Waals surface area (Å²) in [5.74, 6) is -1.17. The summed E-state index contributed by atoms with van der Waals surface area (Å²) in [5.41, 5.74) is 0.204. The Bertz CT molecular complexity index is 467. The Morgan fingerprint density at radius 2 is 2.17 bits per heavy atom. The fourth-order valence-electron chi connectivity index (χ4n) is 1.08. The van der Waals surface area contributed by atoms with E-state index in [1.807, 2.05) is 0 Å². The molecular formula is C9H6BrF3INO3. The van der Waals surface area contributed by atoms with Gasteiger partial charge in [-0.3, -0.25) is 0 Å². The molecule has 100 valence electrons. The summed E-state index contributed by atoms with van der Waals surface area (Å²) in [5, 5.41) is 0.148. The van der Waals surface area contributed by atoms with Crippen LogP contribution in [0.5, 0.6) is 5.75 Å². The maximum absolute atomic E-state index is 12.1. The van der Waals surface area contributed by atoms with Gasteiger partial charge in [-0.05, 0) is 34.2 Å². The van der Waals surface area contributed by atoms with Crippen molar-refractivity contribution >= 4 is 44.5 Å². The molecule has 1 rings (SSSR count). The molecule has 0 radical (unpaired) electrons. The number of carbonyl (C=O) groups excluding carboxylic acids is 1. The van der Waals surface area contributed by atoms with Crippen LogP contribution >= 0.6 is 38.5 Å². The number of halogens is 5. The van der Waals surface area contributed by atoms with Crippen LogP contribution in [0, 0.1) is 3.70 Å². The summed E-state index contributed by atoms with van der Waals surface area (Å²) in [6.45, 7) is 0. The fraction of sp³-hybridized carbons (Fsp3) is 0.333. The number of hydrogen-bond donors (Lipinski definition) is 0. The molecule has 0 N–H and O–H groups in total. The number of ether oxygens (including phenoxy) is 2. The Balaban J connectivity index is 3.22. The van der Waals surface area contributed by atoms with Crippen LogP contribution in [-0.4, -0.2) is 24.4 Å². The summed E-state index contributed by atoms with van der Waals surface area (Å²) in [6, 6.07) is 1.10. The number of carbonyl (C=O) groups is 1. The smallest absolute Gasteiger partial charge is 0.464 e. The highest BCUT2D eigenvalue weighted by molar-refractivity contribution is 14.1. The molecule has 18 heavy (non-hydrogen) atoms. The molecule has 0 unspecified atom stereocenters. The van der Waals surface area contributed by atoms with Crippen molar-refractivity contribution in [2.45, 2.75) is 11.7 Å². The van der Waals surface area contributed by atoms with Gasteiger partial charge in [0.25, 0.3) is 0 Å². The number of alkyl halides is 4. The van der Waals surface area contributed by atoms with Crippen LogP contribution in [0.4, 0.5) is 13.2 Å². The van der Waals surface area contributed by atoms with Crippen molar-refractivity contribution in [2.75, 3.05) is 7.11 Å². The Kier molecular flexibility index (Phi) is 5.20. The number of rotatable bonds is 3. The SMILES string of the molecule is COC(=O)c1nc(I)c(OC(F)(F)F)cc1CBr. The van der Waals surface area contributed by atoms with Gasteiger partial charge in [-0.2, -0.15) is 0 Å². The van der Waals surface area contributed by atoms with Crippen molar-refractivity contribution in [2.24, 2.45) is 0 Å². The first-order chi connectivity index (χ1) is 8.28. The number of nitrogens with zero attached hydrogens (tertiary/aromatic N) is 1. The molecule has 0 fully saturated rings. The first-order valence-electron chi connectivity index (χ1n) is 4.38. The van der Waals surface area contributed by atoms with E-state index < -0.39 is 18.1 Å². The minimum absolute atomic E-state index is 0.0479. The monoisotopic (exact) mass is 439 g/mol. The number of esters is 1. The normalized spacial score (nSPS) is 11.2. The van der Waals surface area contributed by atoms with E-state index in [9.17, 15) is 18.0 Å². The minimum atomic E-state index is -4.81. The van der Waals surface area contributed by atoms with Gasteiger partial charge in [0.05, 0.1) is 7.11 Å². The molecule has 0 aliphatic rings. The molecule has 0 aliphatic carbocycles. The highest BCUT2D eigenvalue weighted by Crippen LogP contribution is 2.29. The van der Waals surface area contributed by atoms with Crippen LogP contribution in [0.25, 0.3) is 0 Å². The highest BCUT2D eigenvalue weighted by Gasteiger charge is 2.33. The zero-order valence-electron chi connectivity index (χ0n) is 8.85. The third kappa shape index (κ3) is 3.97. The topological polar surface area (TPSA) is 48.4 Å². The predicted octanol–water partition coefficient (Wildman–Crippen LogP) is 3.27. The molecule has 1 aromatic heterocycles. The third-order valence-electron chi connectivity index (χ3n) is 1.77. The van der Waals surface area contributed by atoms with E-state index in [2.05, 4.69) is 30.4 Å². The van der Waals surface area contributed by atoms with E-state index in [-0.39, 0.29) is 20.3 Å². The molecule has 0 atom stereocenters. The van der Waals surface area contributed by atoms with Gasteiger partial charge in [0.2, 0.25) is 0 Å². The number of pyridine rings is 1. The molecule has 0 amide bonds. The number of hydrogen-bond acceptors (Lipinski definition) is 4. The molecule has 0 aliphatic heterocycles. The first kappa shape index (κ1) is 15.5. The number of aromatic nitrogens is 1. The molecule has 0 aromatic carbocycles. The fourth-order valence-corrected chi connectivity index (χ4v) is 2.02. The lowest BCUT2D eigenvalue weighted by Crippen LogP contribution is -2.19. The largest absolute Gasteiger partial charge is 0.573 e. The van der Waals surface area contributed by atoms with Crippen LogP contribution in [0.3, 0.4) is 0 Å². The molecule has 0 saturated heterocycles. The average Bonchev–Trinajstić information content (AvgIpc) is 2.28. The minimum Gasteiger partial charge on any atom is -0.464 e. The van der Waals surface area contributed by atoms with Crippen molar-refractivity contribution in [3.05, 3.63) is 21.0 Å². The van der Waals surface area contributed by atoms with Gasteiger partial charge in [0.15, 0.2) is 11.4 Å². The van der Waals surface area contributed by atoms with Crippen LogP contribution in [0.1, 0.15) is 16.1 Å². The Labute approximate surface area is 122 Å². The van der Waals surface area contributed by atoms with Gasteiger partial charge < -0.3 is 9.47 Å². The van der Waals surface area contributed by atoms with E-state index in [4.69, 9.17) is 0 Å². The zero-order chi connectivity index (χ0) is 13.9. The van der Waals surface area contributed by atoms with Gasteiger partial charge in [-0.1, -0.05) is 15.9 Å². The standard InChI is InChI=1S/C9H6BrF3INO3/c1-17-8(16)6-4(3-10)2-5(7(14)15-6)18-9(11,12)13/h2H,3H2,1H3.